The minimum absolute atomic E-state index is 0.403. The van der Waals surface area contributed by atoms with Crippen molar-refractivity contribution in [3.63, 3.8) is 0 Å². The molecule has 2 atom stereocenters. The quantitative estimate of drug-likeness (QED) is 0.881. The van der Waals surface area contributed by atoms with Gasteiger partial charge in [0.2, 0.25) is 0 Å². The number of para-hydroxylation sites is 1. The van der Waals surface area contributed by atoms with Crippen LogP contribution in [0.5, 0.6) is 0 Å². The number of hydrogen-bond acceptors (Lipinski definition) is 3. The molecule has 0 spiro atoms. The number of hydrogen-bond donors (Lipinski definition) is 2. The van der Waals surface area contributed by atoms with E-state index in [2.05, 4.69) is 11.0 Å². The summed E-state index contributed by atoms with van der Waals surface area (Å²) < 4.78 is 0. The summed E-state index contributed by atoms with van der Waals surface area (Å²) in [6.07, 6.45) is 2.94. The van der Waals surface area contributed by atoms with E-state index < -0.39 is 11.7 Å². The Hall–Kier alpha value is -1.06. The second-order valence-electron chi connectivity index (χ2n) is 5.82. The molecule has 0 radical (unpaired) electrons. The van der Waals surface area contributed by atoms with Crippen LogP contribution in [0.25, 0.3) is 0 Å². The van der Waals surface area contributed by atoms with Crippen LogP contribution in [0.4, 0.5) is 5.69 Å². The normalized spacial score (nSPS) is 26.0. The summed E-state index contributed by atoms with van der Waals surface area (Å²) in [4.78, 5) is 2.30. The van der Waals surface area contributed by atoms with Crippen molar-refractivity contribution in [1.29, 1.82) is 0 Å². The number of aliphatic hydroxyl groups excluding tert-OH is 1. The van der Waals surface area contributed by atoms with E-state index in [1.165, 1.54) is 0 Å². The lowest BCUT2D eigenvalue weighted by Gasteiger charge is -2.27. The van der Waals surface area contributed by atoms with Crippen LogP contribution in [0, 0.1) is 0 Å². The van der Waals surface area contributed by atoms with Gasteiger partial charge in [-0.05, 0) is 38.7 Å². The molecule has 1 aliphatic heterocycles. The molecule has 1 aliphatic rings. The standard InChI is InChI=1S/C16H25NO2/c1-3-15(18)13-7-4-5-8-14(13)17-11-6-9-16(2,19)10-12-17/h4-5,7-8,15,18-19H,3,6,9-12H2,1-2H3/t15-,16?/m1/s1. The van der Waals surface area contributed by atoms with Gasteiger partial charge in [0.05, 0.1) is 11.7 Å². The van der Waals surface area contributed by atoms with Gasteiger partial charge in [-0.25, -0.2) is 0 Å². The zero-order chi connectivity index (χ0) is 13.9. The number of nitrogens with zero attached hydrogens (tertiary/aromatic N) is 1. The molecule has 2 rings (SSSR count). The molecular weight excluding hydrogens is 238 g/mol. The molecule has 106 valence electrons. The molecule has 0 amide bonds. The van der Waals surface area contributed by atoms with Crippen molar-refractivity contribution in [1.82, 2.24) is 0 Å². The maximum atomic E-state index is 10.2. The summed E-state index contributed by atoms with van der Waals surface area (Å²) in [5.41, 5.74) is 1.58. The van der Waals surface area contributed by atoms with Crippen LogP contribution >= 0.6 is 0 Å². The van der Waals surface area contributed by atoms with Crippen LogP contribution in [0.3, 0.4) is 0 Å². The highest BCUT2D eigenvalue weighted by atomic mass is 16.3. The highest BCUT2D eigenvalue weighted by Crippen LogP contribution is 2.31. The molecule has 3 nitrogen and oxygen atoms in total. The van der Waals surface area contributed by atoms with E-state index in [0.29, 0.717) is 0 Å². The third-order valence-electron chi connectivity index (χ3n) is 4.09. The van der Waals surface area contributed by atoms with Gasteiger partial charge >= 0.3 is 0 Å². The Kier molecular flexibility index (Phi) is 4.48. The van der Waals surface area contributed by atoms with E-state index in [1.54, 1.807) is 0 Å². The summed E-state index contributed by atoms with van der Waals surface area (Å²) in [5, 5.41) is 20.3. The first kappa shape index (κ1) is 14.4. The monoisotopic (exact) mass is 263 g/mol. The van der Waals surface area contributed by atoms with Crippen LogP contribution in [-0.2, 0) is 0 Å². The molecule has 0 aliphatic carbocycles. The van der Waals surface area contributed by atoms with Crippen LogP contribution in [0.2, 0.25) is 0 Å². The summed E-state index contributed by atoms with van der Waals surface area (Å²) >= 11 is 0. The lowest BCUT2D eigenvalue weighted by Crippen LogP contribution is -2.29. The summed E-state index contributed by atoms with van der Waals surface area (Å²) in [6.45, 7) is 5.71. The fourth-order valence-corrected chi connectivity index (χ4v) is 2.78. The maximum Gasteiger partial charge on any atom is 0.0807 e. The second kappa shape index (κ2) is 5.93. The highest BCUT2D eigenvalue weighted by molar-refractivity contribution is 5.54. The van der Waals surface area contributed by atoms with E-state index in [4.69, 9.17) is 0 Å². The molecule has 1 unspecified atom stereocenters. The van der Waals surface area contributed by atoms with Crippen LogP contribution < -0.4 is 4.90 Å². The Labute approximate surface area is 115 Å². The van der Waals surface area contributed by atoms with E-state index in [-0.39, 0.29) is 0 Å². The third kappa shape index (κ3) is 3.48. The van der Waals surface area contributed by atoms with Crippen molar-refractivity contribution in [2.45, 2.75) is 51.2 Å². The van der Waals surface area contributed by atoms with Crippen molar-refractivity contribution in [2.24, 2.45) is 0 Å². The molecule has 2 N–H and O–H groups in total. The summed E-state index contributed by atoms with van der Waals surface area (Å²) in [5.74, 6) is 0. The van der Waals surface area contributed by atoms with Crippen molar-refractivity contribution < 1.29 is 10.2 Å². The molecule has 0 saturated carbocycles. The molecule has 19 heavy (non-hydrogen) atoms. The topological polar surface area (TPSA) is 43.7 Å². The van der Waals surface area contributed by atoms with E-state index in [9.17, 15) is 10.2 Å². The van der Waals surface area contributed by atoms with Gasteiger partial charge in [0, 0.05) is 24.3 Å². The van der Waals surface area contributed by atoms with Gasteiger partial charge in [0.25, 0.3) is 0 Å². The summed E-state index contributed by atoms with van der Waals surface area (Å²) in [6, 6.07) is 8.08. The average molecular weight is 263 g/mol. The lowest BCUT2D eigenvalue weighted by atomic mass is 9.98. The van der Waals surface area contributed by atoms with E-state index in [1.807, 2.05) is 32.0 Å². The largest absolute Gasteiger partial charge is 0.390 e. The predicted octanol–water partition coefficient (Wildman–Crippen LogP) is 2.87. The first-order chi connectivity index (χ1) is 9.03. The number of rotatable bonds is 3. The number of benzene rings is 1. The number of aliphatic hydroxyl groups is 2. The highest BCUT2D eigenvalue weighted by Gasteiger charge is 2.26. The first-order valence-corrected chi connectivity index (χ1v) is 7.28. The van der Waals surface area contributed by atoms with Gasteiger partial charge in [-0.1, -0.05) is 25.1 Å². The van der Waals surface area contributed by atoms with Gasteiger partial charge in [-0.15, -0.1) is 0 Å². The van der Waals surface area contributed by atoms with Crippen molar-refractivity contribution >= 4 is 5.69 Å². The zero-order valence-electron chi connectivity index (χ0n) is 12.0. The van der Waals surface area contributed by atoms with Crippen molar-refractivity contribution in [3.05, 3.63) is 29.8 Å². The molecule has 1 aromatic rings. The Morgan fingerprint density at radius 2 is 2.00 bits per heavy atom. The Morgan fingerprint density at radius 1 is 1.26 bits per heavy atom. The van der Waals surface area contributed by atoms with Gasteiger partial charge < -0.3 is 15.1 Å². The Morgan fingerprint density at radius 3 is 2.74 bits per heavy atom. The fraction of sp³-hybridized carbons (Fsp3) is 0.625. The second-order valence-corrected chi connectivity index (χ2v) is 5.82. The van der Waals surface area contributed by atoms with Gasteiger partial charge in [-0.3, -0.25) is 0 Å². The van der Waals surface area contributed by atoms with Crippen LogP contribution in [0.15, 0.2) is 24.3 Å². The van der Waals surface area contributed by atoms with Crippen molar-refractivity contribution in [2.75, 3.05) is 18.0 Å². The molecule has 1 heterocycles. The average Bonchev–Trinajstić information content (AvgIpc) is 2.59. The van der Waals surface area contributed by atoms with Gasteiger partial charge in [-0.2, -0.15) is 0 Å². The first-order valence-electron chi connectivity index (χ1n) is 7.28. The molecule has 3 heteroatoms. The van der Waals surface area contributed by atoms with Gasteiger partial charge in [0.15, 0.2) is 0 Å². The molecule has 1 aromatic carbocycles. The Balaban J connectivity index is 2.22. The minimum Gasteiger partial charge on any atom is -0.390 e. The zero-order valence-corrected chi connectivity index (χ0v) is 12.0. The molecular formula is C16H25NO2. The molecule has 0 aromatic heterocycles. The van der Waals surface area contributed by atoms with E-state index >= 15 is 0 Å². The molecule has 1 saturated heterocycles. The predicted molar refractivity (Wildman–Crippen MR) is 78.4 cm³/mol. The third-order valence-corrected chi connectivity index (χ3v) is 4.09. The van der Waals surface area contributed by atoms with E-state index in [0.717, 1.165) is 50.0 Å². The van der Waals surface area contributed by atoms with Gasteiger partial charge in [0.1, 0.15) is 0 Å². The molecule has 0 bridgehead atoms. The molecule has 1 fully saturated rings. The van der Waals surface area contributed by atoms with Crippen LogP contribution in [-0.4, -0.2) is 28.9 Å². The Bertz CT molecular complexity index is 417. The SMILES string of the molecule is CC[C@@H](O)c1ccccc1N1CCCC(C)(O)CC1. The van der Waals surface area contributed by atoms with Crippen molar-refractivity contribution in [3.8, 4) is 0 Å². The summed E-state index contributed by atoms with van der Waals surface area (Å²) in [7, 11) is 0. The smallest absolute Gasteiger partial charge is 0.0807 e. The maximum absolute atomic E-state index is 10.2. The lowest BCUT2D eigenvalue weighted by molar-refractivity contribution is 0.0481. The van der Waals surface area contributed by atoms with Crippen LogP contribution in [0.1, 0.15) is 51.2 Å². The number of anilines is 1. The fourth-order valence-electron chi connectivity index (χ4n) is 2.78. The minimum atomic E-state index is -0.549.